The van der Waals surface area contributed by atoms with Gasteiger partial charge in [0, 0.05) is 6.61 Å². The summed E-state index contributed by atoms with van der Waals surface area (Å²) in [5.41, 5.74) is 0. The fourth-order valence-electron chi connectivity index (χ4n) is 0.944. The molecule has 1 aliphatic rings. The smallest absolute Gasteiger partial charge is 0.0597 e. The van der Waals surface area contributed by atoms with Crippen molar-refractivity contribution < 1.29 is 4.74 Å². The van der Waals surface area contributed by atoms with Crippen molar-refractivity contribution in [1.82, 2.24) is 0 Å². The van der Waals surface area contributed by atoms with E-state index in [0.717, 1.165) is 6.61 Å². The van der Waals surface area contributed by atoms with Gasteiger partial charge >= 0.3 is 0 Å². The fraction of sp³-hybridized carbons (Fsp3) is 1.00. The van der Waals surface area contributed by atoms with Gasteiger partial charge < -0.3 is 4.74 Å². The van der Waals surface area contributed by atoms with Crippen LogP contribution in [0, 0.1) is 0 Å². The highest BCUT2D eigenvalue weighted by Crippen LogP contribution is 2.16. The van der Waals surface area contributed by atoms with Gasteiger partial charge in [0.2, 0.25) is 0 Å². The van der Waals surface area contributed by atoms with Gasteiger partial charge in [-0.05, 0) is 12.8 Å². The summed E-state index contributed by atoms with van der Waals surface area (Å²) in [7, 11) is 0. The average molecular weight is 114 g/mol. The summed E-state index contributed by atoms with van der Waals surface area (Å²) in [6.45, 7) is 3.23. The van der Waals surface area contributed by atoms with E-state index in [4.69, 9.17) is 4.74 Å². The molecule has 0 aliphatic carbocycles. The standard InChI is InChI=1S/C7H14O/c1-2-3-4-7-5-6-8-7/h7H,2-6H2,1H3. The van der Waals surface area contributed by atoms with Gasteiger partial charge in [0.1, 0.15) is 0 Å². The molecule has 0 bridgehead atoms. The first-order valence-corrected chi connectivity index (χ1v) is 3.55. The zero-order valence-electron chi connectivity index (χ0n) is 5.52. The van der Waals surface area contributed by atoms with E-state index in [1.54, 1.807) is 0 Å². The second-order valence-electron chi connectivity index (χ2n) is 2.42. The lowest BCUT2D eigenvalue weighted by molar-refractivity contribution is -0.0553. The normalized spacial score (nSPS) is 27.4. The third-order valence-corrected chi connectivity index (χ3v) is 1.67. The van der Waals surface area contributed by atoms with Crippen LogP contribution in [0.5, 0.6) is 0 Å². The third-order valence-electron chi connectivity index (χ3n) is 1.67. The Balaban J connectivity index is 1.86. The minimum absolute atomic E-state index is 0.634. The molecule has 0 amide bonds. The number of ether oxygens (including phenoxy) is 1. The molecule has 1 aliphatic heterocycles. The fourth-order valence-corrected chi connectivity index (χ4v) is 0.944. The van der Waals surface area contributed by atoms with Gasteiger partial charge in [-0.1, -0.05) is 19.8 Å². The van der Waals surface area contributed by atoms with E-state index in [1.807, 2.05) is 0 Å². The lowest BCUT2D eigenvalue weighted by Gasteiger charge is -2.25. The summed E-state index contributed by atoms with van der Waals surface area (Å²) in [6, 6.07) is 0. The largest absolute Gasteiger partial charge is 0.378 e. The minimum Gasteiger partial charge on any atom is -0.378 e. The highest BCUT2D eigenvalue weighted by atomic mass is 16.5. The van der Waals surface area contributed by atoms with Crippen molar-refractivity contribution in [3.8, 4) is 0 Å². The molecule has 0 radical (unpaired) electrons. The van der Waals surface area contributed by atoms with Crippen molar-refractivity contribution in [3.63, 3.8) is 0 Å². The van der Waals surface area contributed by atoms with Crippen molar-refractivity contribution in [2.75, 3.05) is 6.61 Å². The predicted octanol–water partition coefficient (Wildman–Crippen LogP) is 1.97. The Morgan fingerprint density at radius 1 is 1.62 bits per heavy atom. The van der Waals surface area contributed by atoms with Crippen LogP contribution in [0.25, 0.3) is 0 Å². The summed E-state index contributed by atoms with van der Waals surface area (Å²) < 4.78 is 5.23. The second-order valence-corrected chi connectivity index (χ2v) is 2.42. The molecule has 1 rings (SSSR count). The van der Waals surface area contributed by atoms with Crippen LogP contribution in [-0.4, -0.2) is 12.7 Å². The zero-order chi connectivity index (χ0) is 5.82. The van der Waals surface area contributed by atoms with E-state index in [-0.39, 0.29) is 0 Å². The van der Waals surface area contributed by atoms with Gasteiger partial charge in [0.15, 0.2) is 0 Å². The maximum Gasteiger partial charge on any atom is 0.0597 e. The van der Waals surface area contributed by atoms with Crippen LogP contribution in [0.4, 0.5) is 0 Å². The van der Waals surface area contributed by atoms with Crippen LogP contribution in [0.2, 0.25) is 0 Å². The number of hydrogen-bond acceptors (Lipinski definition) is 1. The van der Waals surface area contributed by atoms with Gasteiger partial charge in [-0.15, -0.1) is 0 Å². The van der Waals surface area contributed by atoms with Crippen molar-refractivity contribution in [1.29, 1.82) is 0 Å². The predicted molar refractivity (Wildman–Crippen MR) is 33.9 cm³/mol. The molecule has 1 heterocycles. The Morgan fingerprint density at radius 3 is 2.75 bits per heavy atom. The van der Waals surface area contributed by atoms with Crippen LogP contribution in [0.15, 0.2) is 0 Å². The Morgan fingerprint density at radius 2 is 2.38 bits per heavy atom. The summed E-state index contributed by atoms with van der Waals surface area (Å²) in [6.07, 6.45) is 5.87. The molecule has 1 saturated heterocycles. The zero-order valence-corrected chi connectivity index (χ0v) is 5.52. The van der Waals surface area contributed by atoms with Gasteiger partial charge in [0.25, 0.3) is 0 Å². The second kappa shape index (κ2) is 3.08. The highest BCUT2D eigenvalue weighted by molar-refractivity contribution is 4.65. The summed E-state index contributed by atoms with van der Waals surface area (Å²) >= 11 is 0. The van der Waals surface area contributed by atoms with Crippen molar-refractivity contribution in [3.05, 3.63) is 0 Å². The average Bonchev–Trinajstić information content (AvgIpc) is 1.63. The van der Waals surface area contributed by atoms with E-state index in [1.165, 1.54) is 25.7 Å². The topological polar surface area (TPSA) is 9.23 Å². The molecule has 1 heteroatoms. The molecule has 1 nitrogen and oxygen atoms in total. The number of hydrogen-bond donors (Lipinski definition) is 0. The monoisotopic (exact) mass is 114 g/mol. The van der Waals surface area contributed by atoms with Gasteiger partial charge in [0.05, 0.1) is 6.10 Å². The lowest BCUT2D eigenvalue weighted by Crippen LogP contribution is -2.26. The number of unbranched alkanes of at least 4 members (excludes halogenated alkanes) is 1. The van der Waals surface area contributed by atoms with Crippen LogP contribution in [0.1, 0.15) is 32.6 Å². The van der Waals surface area contributed by atoms with Gasteiger partial charge in [-0.3, -0.25) is 0 Å². The molecule has 1 unspecified atom stereocenters. The Hall–Kier alpha value is -0.0400. The first kappa shape index (κ1) is 6.09. The summed E-state index contributed by atoms with van der Waals surface area (Å²) in [4.78, 5) is 0. The van der Waals surface area contributed by atoms with Crippen LogP contribution < -0.4 is 0 Å². The maximum absolute atomic E-state index is 5.23. The number of rotatable bonds is 3. The summed E-state index contributed by atoms with van der Waals surface area (Å²) in [5.74, 6) is 0. The molecule has 0 aromatic carbocycles. The molecule has 48 valence electrons. The first-order valence-electron chi connectivity index (χ1n) is 3.55. The molecular weight excluding hydrogens is 100 g/mol. The molecule has 0 aromatic heterocycles. The van der Waals surface area contributed by atoms with Gasteiger partial charge in [-0.2, -0.15) is 0 Å². The molecule has 1 fully saturated rings. The first-order chi connectivity index (χ1) is 3.93. The van der Waals surface area contributed by atoms with Crippen LogP contribution in [0.3, 0.4) is 0 Å². The Kier molecular flexibility index (Phi) is 2.34. The molecule has 0 aromatic rings. The minimum atomic E-state index is 0.634. The molecule has 0 spiro atoms. The third kappa shape index (κ3) is 1.48. The Bertz CT molecular complexity index is 57.4. The molecule has 1 atom stereocenters. The quantitative estimate of drug-likeness (QED) is 0.545. The highest BCUT2D eigenvalue weighted by Gasteiger charge is 2.15. The van der Waals surface area contributed by atoms with E-state index in [2.05, 4.69) is 6.92 Å². The molecule has 8 heavy (non-hydrogen) atoms. The van der Waals surface area contributed by atoms with Crippen molar-refractivity contribution in [2.45, 2.75) is 38.7 Å². The van der Waals surface area contributed by atoms with E-state index >= 15 is 0 Å². The molecule has 0 N–H and O–H groups in total. The lowest BCUT2D eigenvalue weighted by atomic mass is 10.1. The maximum atomic E-state index is 5.23. The van der Waals surface area contributed by atoms with E-state index in [0.29, 0.717) is 6.10 Å². The van der Waals surface area contributed by atoms with Crippen LogP contribution >= 0.6 is 0 Å². The molecule has 0 saturated carbocycles. The SMILES string of the molecule is CCCCC1CCO1. The van der Waals surface area contributed by atoms with E-state index in [9.17, 15) is 0 Å². The van der Waals surface area contributed by atoms with Crippen molar-refractivity contribution in [2.24, 2.45) is 0 Å². The molecular formula is C7H14O. The summed E-state index contributed by atoms with van der Waals surface area (Å²) in [5, 5.41) is 0. The van der Waals surface area contributed by atoms with Crippen LogP contribution in [-0.2, 0) is 4.74 Å². The van der Waals surface area contributed by atoms with E-state index < -0.39 is 0 Å². The van der Waals surface area contributed by atoms with Crippen molar-refractivity contribution >= 4 is 0 Å². The Labute approximate surface area is 51.0 Å². The van der Waals surface area contributed by atoms with Gasteiger partial charge in [-0.25, -0.2) is 0 Å².